The molecule has 2 rings (SSSR count). The summed E-state index contributed by atoms with van der Waals surface area (Å²) in [6.07, 6.45) is 4.25. The van der Waals surface area contributed by atoms with Crippen molar-refractivity contribution in [3.05, 3.63) is 0 Å². The quantitative estimate of drug-likeness (QED) is 0.829. The highest BCUT2D eigenvalue weighted by molar-refractivity contribution is 5.80. The van der Waals surface area contributed by atoms with E-state index in [9.17, 15) is 22.8 Å². The molecule has 0 unspecified atom stereocenters. The molecule has 1 saturated carbocycles. The highest BCUT2D eigenvalue weighted by Gasteiger charge is 2.31. The first kappa shape index (κ1) is 19.1. The smallest absolute Gasteiger partial charge is 0.347 e. The number of carbonyl (C=O) groups excluding carboxylic acids is 2. The van der Waals surface area contributed by atoms with E-state index in [1.54, 1.807) is 4.90 Å². The molecule has 0 aromatic heterocycles. The molecule has 0 atom stereocenters. The summed E-state index contributed by atoms with van der Waals surface area (Å²) in [7, 11) is 0. The molecule has 24 heavy (non-hydrogen) atoms. The van der Waals surface area contributed by atoms with Gasteiger partial charge in [0.15, 0.2) is 0 Å². The van der Waals surface area contributed by atoms with Crippen molar-refractivity contribution in [1.29, 1.82) is 0 Å². The van der Waals surface area contributed by atoms with Gasteiger partial charge in [-0.25, -0.2) is 0 Å². The Morgan fingerprint density at radius 2 is 1.62 bits per heavy atom. The molecule has 7 heteroatoms. The van der Waals surface area contributed by atoms with E-state index in [1.807, 2.05) is 5.32 Å². The number of halogens is 3. The van der Waals surface area contributed by atoms with Crippen molar-refractivity contribution in [1.82, 2.24) is 10.2 Å². The molecule has 2 amide bonds. The normalized spacial score (nSPS) is 20.9. The summed E-state index contributed by atoms with van der Waals surface area (Å²) < 4.78 is 36.4. The van der Waals surface area contributed by atoms with Gasteiger partial charge in [0.25, 0.3) is 0 Å². The maximum Gasteiger partial charge on any atom is 0.405 e. The summed E-state index contributed by atoms with van der Waals surface area (Å²) in [6, 6.07) is 0. The second-order valence-corrected chi connectivity index (χ2v) is 7.03. The number of likely N-dealkylation sites (tertiary alicyclic amines) is 1. The third kappa shape index (κ3) is 6.32. The van der Waals surface area contributed by atoms with Gasteiger partial charge in [0, 0.05) is 25.4 Å². The number of hydrogen-bond donors (Lipinski definition) is 1. The van der Waals surface area contributed by atoms with Crippen LogP contribution in [0.4, 0.5) is 13.2 Å². The Hall–Kier alpha value is -1.27. The zero-order valence-corrected chi connectivity index (χ0v) is 14.0. The van der Waals surface area contributed by atoms with Crippen LogP contribution in [0.2, 0.25) is 0 Å². The Kier molecular flexibility index (Phi) is 6.92. The lowest BCUT2D eigenvalue weighted by Gasteiger charge is -2.32. The number of nitrogens with one attached hydrogen (secondary N) is 1. The summed E-state index contributed by atoms with van der Waals surface area (Å²) in [5, 5.41) is 1.94. The molecule has 2 fully saturated rings. The van der Waals surface area contributed by atoms with Gasteiger partial charge in [-0.15, -0.1) is 0 Å². The van der Waals surface area contributed by atoms with E-state index >= 15 is 0 Å². The molecule has 0 bridgehead atoms. The zero-order valence-electron chi connectivity index (χ0n) is 14.0. The molecule has 4 nitrogen and oxygen atoms in total. The fourth-order valence-corrected chi connectivity index (χ4v) is 3.68. The molecule has 138 valence electrons. The van der Waals surface area contributed by atoms with Crippen molar-refractivity contribution in [3.8, 4) is 0 Å². The summed E-state index contributed by atoms with van der Waals surface area (Å²) in [5.41, 5.74) is 0. The average molecular weight is 348 g/mol. The van der Waals surface area contributed by atoms with Gasteiger partial charge in [0.2, 0.25) is 11.8 Å². The highest BCUT2D eigenvalue weighted by Crippen LogP contribution is 2.28. The minimum Gasteiger partial charge on any atom is -0.347 e. The average Bonchev–Trinajstić information content (AvgIpc) is 2.58. The van der Waals surface area contributed by atoms with Gasteiger partial charge < -0.3 is 10.2 Å². The van der Waals surface area contributed by atoms with Crippen LogP contribution in [0.1, 0.15) is 57.8 Å². The maximum atomic E-state index is 12.3. The van der Waals surface area contributed by atoms with Crippen LogP contribution in [-0.2, 0) is 9.59 Å². The Labute approximate surface area is 141 Å². The van der Waals surface area contributed by atoms with E-state index in [2.05, 4.69) is 0 Å². The van der Waals surface area contributed by atoms with Crippen molar-refractivity contribution in [2.45, 2.75) is 64.0 Å². The van der Waals surface area contributed by atoms with Gasteiger partial charge in [0.05, 0.1) is 0 Å². The topological polar surface area (TPSA) is 49.4 Å². The van der Waals surface area contributed by atoms with Crippen LogP contribution < -0.4 is 5.32 Å². The summed E-state index contributed by atoms with van der Waals surface area (Å²) in [4.78, 5) is 25.8. The van der Waals surface area contributed by atoms with Gasteiger partial charge in [-0.3, -0.25) is 9.59 Å². The Bertz CT molecular complexity index is 426. The number of carbonyl (C=O) groups is 2. The predicted molar refractivity (Wildman–Crippen MR) is 84.2 cm³/mol. The van der Waals surface area contributed by atoms with E-state index in [1.165, 1.54) is 32.1 Å². The largest absolute Gasteiger partial charge is 0.405 e. The summed E-state index contributed by atoms with van der Waals surface area (Å²) >= 11 is 0. The van der Waals surface area contributed by atoms with Crippen LogP contribution in [-0.4, -0.2) is 42.5 Å². The molecule has 0 radical (unpaired) electrons. The molecule has 0 spiro atoms. The summed E-state index contributed by atoms with van der Waals surface area (Å²) in [5.74, 6) is -0.195. The molecular weight excluding hydrogens is 321 g/mol. The molecule has 1 aliphatic carbocycles. The summed E-state index contributed by atoms with van der Waals surface area (Å²) in [6.45, 7) is -0.354. The van der Waals surface area contributed by atoms with Crippen LogP contribution >= 0.6 is 0 Å². The first-order chi connectivity index (χ1) is 11.3. The van der Waals surface area contributed by atoms with Gasteiger partial charge in [-0.05, 0) is 25.2 Å². The minimum atomic E-state index is -4.38. The Morgan fingerprint density at radius 1 is 1.00 bits per heavy atom. The molecule has 1 aliphatic heterocycles. The first-order valence-electron chi connectivity index (χ1n) is 8.97. The molecule has 2 aliphatic rings. The van der Waals surface area contributed by atoms with Crippen molar-refractivity contribution >= 4 is 11.8 Å². The zero-order chi connectivity index (χ0) is 17.6. The van der Waals surface area contributed by atoms with Crippen molar-refractivity contribution in [2.75, 3.05) is 19.6 Å². The standard InChI is InChI=1S/C17H27F3N2O2/c18-17(19,20)12-21-16(24)14-8-10-22(11-9-14)15(23)7-6-13-4-2-1-3-5-13/h13-14H,1-12H2,(H,21,24). The number of rotatable bonds is 5. The van der Waals surface area contributed by atoms with E-state index in [0.717, 1.165) is 6.42 Å². The number of amides is 2. The van der Waals surface area contributed by atoms with Gasteiger partial charge in [-0.1, -0.05) is 32.1 Å². The van der Waals surface area contributed by atoms with Crippen molar-refractivity contribution in [3.63, 3.8) is 0 Å². The lowest BCUT2D eigenvalue weighted by Crippen LogP contribution is -2.44. The first-order valence-corrected chi connectivity index (χ1v) is 8.97. The van der Waals surface area contributed by atoms with E-state index < -0.39 is 24.5 Å². The Balaban J connectivity index is 1.66. The van der Waals surface area contributed by atoms with E-state index in [4.69, 9.17) is 0 Å². The molecule has 1 heterocycles. The number of nitrogens with zero attached hydrogens (tertiary/aromatic N) is 1. The molecule has 0 aromatic rings. The van der Waals surface area contributed by atoms with Crippen LogP contribution in [0.5, 0.6) is 0 Å². The lowest BCUT2D eigenvalue weighted by molar-refractivity contribution is -0.143. The SMILES string of the molecule is O=C(NCC(F)(F)F)C1CCN(C(=O)CCC2CCCCC2)CC1. The number of piperidine rings is 1. The fraction of sp³-hybridized carbons (Fsp3) is 0.882. The van der Waals surface area contributed by atoms with Crippen molar-refractivity contribution in [2.24, 2.45) is 11.8 Å². The van der Waals surface area contributed by atoms with Gasteiger partial charge in [0.1, 0.15) is 6.54 Å². The fourth-order valence-electron chi connectivity index (χ4n) is 3.68. The molecule has 1 saturated heterocycles. The maximum absolute atomic E-state index is 12.3. The predicted octanol–water partition coefficient (Wildman–Crippen LogP) is 3.26. The molecular formula is C17H27F3N2O2. The van der Waals surface area contributed by atoms with Crippen LogP contribution in [0.3, 0.4) is 0 Å². The second kappa shape index (κ2) is 8.72. The van der Waals surface area contributed by atoms with E-state index in [0.29, 0.717) is 38.3 Å². The molecule has 0 aromatic carbocycles. The Morgan fingerprint density at radius 3 is 2.21 bits per heavy atom. The van der Waals surface area contributed by atoms with E-state index in [-0.39, 0.29) is 5.91 Å². The third-order valence-corrected chi connectivity index (χ3v) is 5.17. The third-order valence-electron chi connectivity index (χ3n) is 5.17. The minimum absolute atomic E-state index is 0.120. The second-order valence-electron chi connectivity index (χ2n) is 7.03. The van der Waals surface area contributed by atoms with Crippen LogP contribution in [0.25, 0.3) is 0 Å². The van der Waals surface area contributed by atoms with Gasteiger partial charge in [-0.2, -0.15) is 13.2 Å². The number of alkyl halides is 3. The number of hydrogen-bond acceptors (Lipinski definition) is 2. The van der Waals surface area contributed by atoms with Crippen molar-refractivity contribution < 1.29 is 22.8 Å². The highest BCUT2D eigenvalue weighted by atomic mass is 19.4. The lowest BCUT2D eigenvalue weighted by atomic mass is 9.86. The van der Waals surface area contributed by atoms with Gasteiger partial charge >= 0.3 is 6.18 Å². The molecule has 1 N–H and O–H groups in total. The van der Waals surface area contributed by atoms with Crippen LogP contribution in [0.15, 0.2) is 0 Å². The van der Waals surface area contributed by atoms with Crippen LogP contribution in [0, 0.1) is 11.8 Å². The monoisotopic (exact) mass is 348 g/mol.